The van der Waals surface area contributed by atoms with Gasteiger partial charge in [-0.3, -0.25) is 0 Å². The van der Waals surface area contributed by atoms with Crippen molar-refractivity contribution in [2.45, 2.75) is 10.8 Å². The summed E-state index contributed by atoms with van der Waals surface area (Å²) in [6, 6.07) is 113. The normalized spacial score (nSPS) is 13.7. The summed E-state index contributed by atoms with van der Waals surface area (Å²) in [6.07, 6.45) is 0. The van der Waals surface area contributed by atoms with Gasteiger partial charge in [0.25, 0.3) is 0 Å². The van der Waals surface area contributed by atoms with Gasteiger partial charge in [0.05, 0.1) is 10.8 Å². The molecular formula is C80H51NO2. The second-order valence-corrected chi connectivity index (χ2v) is 22.2. The van der Waals surface area contributed by atoms with Crippen molar-refractivity contribution in [3.8, 4) is 89.8 Å². The number of para-hydroxylation sites is 4. The third-order valence-electron chi connectivity index (χ3n) is 18.0. The summed E-state index contributed by atoms with van der Waals surface area (Å²) in [4.78, 5) is 2.41. The van der Waals surface area contributed by atoms with E-state index in [9.17, 15) is 0 Å². The first kappa shape index (κ1) is 47.1. The van der Waals surface area contributed by atoms with Crippen LogP contribution in [0.3, 0.4) is 0 Å². The molecule has 4 aliphatic rings. The minimum Gasteiger partial charge on any atom is -0.457 e. The maximum absolute atomic E-state index is 6.64. The molecule has 83 heavy (non-hydrogen) atoms. The predicted octanol–water partition coefficient (Wildman–Crippen LogP) is 20.8. The molecule has 388 valence electrons. The van der Waals surface area contributed by atoms with Gasteiger partial charge in [-0.05, 0) is 162 Å². The van der Waals surface area contributed by atoms with Gasteiger partial charge in [0, 0.05) is 39.3 Å². The van der Waals surface area contributed by atoms with Crippen LogP contribution in [-0.4, -0.2) is 0 Å². The van der Waals surface area contributed by atoms with Crippen molar-refractivity contribution in [2.75, 3.05) is 4.90 Å². The van der Waals surface area contributed by atoms with E-state index in [-0.39, 0.29) is 0 Å². The van der Waals surface area contributed by atoms with Gasteiger partial charge < -0.3 is 14.4 Å². The molecule has 17 rings (SSSR count). The quantitative estimate of drug-likeness (QED) is 0.159. The lowest BCUT2D eigenvalue weighted by Gasteiger charge is -2.39. The molecular weight excluding hydrogens is 1010 g/mol. The Bertz CT molecular complexity index is 4420. The SMILES string of the molecule is c1ccc(-c2ccc(-c3ccc(N(c4cccc(-c5ccc6c(c5)-c5ccccc5C65c6ccccc6Oc6ccccc65)c4)c4cccc(-c5ccc6c(c5)-c5ccccc5C65c6ccccc6Oc6ccccc65)c4)cc3)cc2)cc1. The fourth-order valence-corrected chi connectivity index (χ4v) is 14.5. The van der Waals surface area contributed by atoms with Gasteiger partial charge in [-0.1, -0.05) is 237 Å². The van der Waals surface area contributed by atoms with Crippen LogP contribution in [0, 0.1) is 0 Å². The highest BCUT2D eigenvalue weighted by Crippen LogP contribution is 2.64. The van der Waals surface area contributed by atoms with E-state index < -0.39 is 10.8 Å². The number of nitrogens with zero attached hydrogens (tertiary/aromatic N) is 1. The van der Waals surface area contributed by atoms with Gasteiger partial charge in [-0.25, -0.2) is 0 Å². The van der Waals surface area contributed by atoms with Gasteiger partial charge in [-0.2, -0.15) is 0 Å². The van der Waals surface area contributed by atoms with Crippen LogP contribution in [0.5, 0.6) is 23.0 Å². The van der Waals surface area contributed by atoms with Gasteiger partial charge in [0.2, 0.25) is 0 Å². The monoisotopic (exact) mass is 1060 g/mol. The van der Waals surface area contributed by atoms with Gasteiger partial charge in [0.15, 0.2) is 0 Å². The Kier molecular flexibility index (Phi) is 10.4. The number of anilines is 3. The summed E-state index contributed by atoms with van der Waals surface area (Å²) < 4.78 is 13.3. The standard InChI is InChI=1S/C80H51NO2/c1-2-18-52(19-3-1)53-36-38-54(39-37-53)55-40-44-60(45-41-55)81(61-22-16-20-56(48-61)58-42-46-69-65(50-58)63-24-4-6-26-67(63)79(69)71-28-8-12-32-75(71)82-76-33-13-9-29-72(76)79)62-23-17-21-57(49-62)59-43-47-70-66(51-59)64-25-5-7-27-68(64)80(70)73-30-10-14-34-77(73)83-78-35-15-11-31-74(78)80/h1-51H. The maximum Gasteiger partial charge on any atom is 0.132 e. The molecule has 0 unspecified atom stereocenters. The molecule has 13 aromatic carbocycles. The topological polar surface area (TPSA) is 21.7 Å². The molecule has 0 atom stereocenters. The van der Waals surface area contributed by atoms with Crippen LogP contribution in [0.1, 0.15) is 44.5 Å². The zero-order chi connectivity index (χ0) is 54.6. The second-order valence-electron chi connectivity index (χ2n) is 22.2. The number of hydrogen-bond donors (Lipinski definition) is 0. The first-order valence-corrected chi connectivity index (χ1v) is 28.6. The molecule has 0 radical (unpaired) electrons. The van der Waals surface area contributed by atoms with Crippen LogP contribution in [0.4, 0.5) is 17.1 Å². The number of fused-ring (bicyclic) bond motifs is 18. The van der Waals surface area contributed by atoms with E-state index in [4.69, 9.17) is 9.47 Å². The van der Waals surface area contributed by atoms with Gasteiger partial charge >= 0.3 is 0 Å². The molecule has 0 aromatic heterocycles. The van der Waals surface area contributed by atoms with Crippen LogP contribution >= 0.6 is 0 Å². The number of rotatable bonds is 7. The third-order valence-corrected chi connectivity index (χ3v) is 18.0. The molecule has 2 spiro atoms. The van der Waals surface area contributed by atoms with E-state index >= 15 is 0 Å². The Balaban J connectivity index is 0.793. The van der Waals surface area contributed by atoms with E-state index in [0.29, 0.717) is 0 Å². The van der Waals surface area contributed by atoms with E-state index in [0.717, 1.165) is 90.1 Å². The molecule has 3 heteroatoms. The van der Waals surface area contributed by atoms with E-state index in [2.05, 4.69) is 314 Å². The molecule has 0 fully saturated rings. The molecule has 0 amide bonds. The van der Waals surface area contributed by atoms with Crippen molar-refractivity contribution < 1.29 is 9.47 Å². The molecule has 0 saturated heterocycles. The van der Waals surface area contributed by atoms with E-state index in [1.807, 2.05) is 0 Å². The fraction of sp³-hybridized carbons (Fsp3) is 0.0250. The van der Waals surface area contributed by atoms with E-state index in [1.54, 1.807) is 0 Å². The van der Waals surface area contributed by atoms with Crippen molar-refractivity contribution >= 4 is 17.1 Å². The summed E-state index contributed by atoms with van der Waals surface area (Å²) in [5.74, 6) is 3.58. The van der Waals surface area contributed by atoms with Crippen molar-refractivity contribution in [2.24, 2.45) is 0 Å². The summed E-state index contributed by atoms with van der Waals surface area (Å²) in [7, 11) is 0. The molecule has 2 aliphatic heterocycles. The second kappa shape index (κ2) is 18.4. The zero-order valence-corrected chi connectivity index (χ0v) is 45.2. The Morgan fingerprint density at radius 2 is 0.494 bits per heavy atom. The van der Waals surface area contributed by atoms with Crippen molar-refractivity contribution in [1.29, 1.82) is 0 Å². The highest BCUT2D eigenvalue weighted by Gasteiger charge is 2.52. The smallest absolute Gasteiger partial charge is 0.132 e. The van der Waals surface area contributed by atoms with Gasteiger partial charge in [0.1, 0.15) is 23.0 Å². The molecule has 0 bridgehead atoms. The van der Waals surface area contributed by atoms with Crippen LogP contribution in [0.15, 0.2) is 309 Å². The maximum atomic E-state index is 6.64. The minimum absolute atomic E-state index is 0.527. The Labute approximate surface area is 483 Å². The Morgan fingerprint density at radius 3 is 0.916 bits per heavy atom. The lowest BCUT2D eigenvalue weighted by molar-refractivity contribution is 0.436. The highest BCUT2D eigenvalue weighted by atomic mass is 16.5. The average Bonchev–Trinajstić information content (AvgIpc) is 1.83. The number of benzene rings is 13. The summed E-state index contributed by atoms with van der Waals surface area (Å²) >= 11 is 0. The van der Waals surface area contributed by atoms with Crippen LogP contribution in [-0.2, 0) is 10.8 Å². The van der Waals surface area contributed by atoms with Crippen LogP contribution < -0.4 is 14.4 Å². The predicted molar refractivity (Wildman–Crippen MR) is 338 cm³/mol. The minimum atomic E-state index is -0.527. The largest absolute Gasteiger partial charge is 0.457 e. The van der Waals surface area contributed by atoms with Crippen molar-refractivity contribution in [3.63, 3.8) is 0 Å². The molecule has 0 N–H and O–H groups in total. The van der Waals surface area contributed by atoms with Crippen LogP contribution in [0.2, 0.25) is 0 Å². The number of ether oxygens (including phenoxy) is 2. The molecule has 13 aromatic rings. The van der Waals surface area contributed by atoms with Crippen molar-refractivity contribution in [1.82, 2.24) is 0 Å². The molecule has 3 nitrogen and oxygen atoms in total. The lowest BCUT2D eigenvalue weighted by atomic mass is 9.66. The lowest BCUT2D eigenvalue weighted by Crippen LogP contribution is -2.32. The van der Waals surface area contributed by atoms with E-state index in [1.165, 1.54) is 61.2 Å². The summed E-state index contributed by atoms with van der Waals surface area (Å²) in [5, 5.41) is 0. The fourth-order valence-electron chi connectivity index (χ4n) is 14.5. The molecule has 2 heterocycles. The number of hydrogen-bond acceptors (Lipinski definition) is 3. The van der Waals surface area contributed by atoms with Crippen molar-refractivity contribution in [3.05, 3.63) is 354 Å². The molecule has 2 aliphatic carbocycles. The average molecular weight is 1060 g/mol. The Hall–Kier alpha value is -10.7. The first-order chi connectivity index (χ1) is 41.1. The van der Waals surface area contributed by atoms with Crippen LogP contribution in [0.25, 0.3) is 66.8 Å². The zero-order valence-electron chi connectivity index (χ0n) is 45.2. The third kappa shape index (κ3) is 6.98. The first-order valence-electron chi connectivity index (χ1n) is 28.6. The van der Waals surface area contributed by atoms with Gasteiger partial charge in [-0.15, -0.1) is 0 Å². The summed E-state index contributed by atoms with van der Waals surface area (Å²) in [5.41, 5.74) is 26.2. The molecule has 0 saturated carbocycles. The summed E-state index contributed by atoms with van der Waals surface area (Å²) in [6.45, 7) is 0. The highest BCUT2D eigenvalue weighted by molar-refractivity contribution is 5.94. The Morgan fingerprint density at radius 1 is 0.193 bits per heavy atom.